The van der Waals surface area contributed by atoms with Gasteiger partial charge >= 0.3 is 0 Å². The zero-order valence-electron chi connectivity index (χ0n) is 15.6. The van der Waals surface area contributed by atoms with Gasteiger partial charge in [-0.25, -0.2) is 9.38 Å². The van der Waals surface area contributed by atoms with Crippen molar-refractivity contribution in [2.75, 3.05) is 13.2 Å². The number of benzene rings is 1. The molecule has 4 nitrogen and oxygen atoms in total. The Kier molecular flexibility index (Phi) is 6.11. The standard InChI is InChI=1S/C20H28FN3O.HI/c1-3-22-19(23-12-14-6-5-13(2)16(21)11-14)24-17-15-7-10-25-18(15)20(17)8-4-9-20;/h5-6,11,15,17-18H,3-4,7-10,12H2,1-2H3,(H2,22,23,24);1H. The molecule has 6 heteroatoms. The number of rotatable bonds is 4. The van der Waals surface area contributed by atoms with Gasteiger partial charge in [-0.2, -0.15) is 0 Å². The first-order chi connectivity index (χ1) is 12.1. The van der Waals surface area contributed by atoms with E-state index in [0.717, 1.165) is 31.1 Å². The van der Waals surface area contributed by atoms with Crippen molar-refractivity contribution in [2.24, 2.45) is 16.3 Å². The molecule has 0 radical (unpaired) electrons. The Balaban J connectivity index is 0.00000196. The number of hydrogen-bond donors (Lipinski definition) is 2. The number of aliphatic imine (C=N–C) groups is 1. The third-order valence-corrected chi connectivity index (χ3v) is 6.33. The molecule has 1 aliphatic heterocycles. The van der Waals surface area contributed by atoms with Crippen LogP contribution in [0, 0.1) is 24.1 Å². The Hall–Kier alpha value is -0.890. The lowest BCUT2D eigenvalue weighted by atomic mass is 9.46. The molecule has 1 aromatic rings. The summed E-state index contributed by atoms with van der Waals surface area (Å²) in [5, 5.41) is 7.03. The average Bonchev–Trinajstić information content (AvgIpc) is 2.97. The molecule has 3 fully saturated rings. The first-order valence-electron chi connectivity index (χ1n) is 9.55. The van der Waals surface area contributed by atoms with Crippen LogP contribution in [-0.2, 0) is 11.3 Å². The van der Waals surface area contributed by atoms with Crippen LogP contribution in [0.4, 0.5) is 4.39 Å². The number of nitrogens with one attached hydrogen (secondary N) is 2. The second-order valence-electron chi connectivity index (χ2n) is 7.73. The molecule has 0 aromatic heterocycles. The quantitative estimate of drug-likeness (QED) is 0.398. The van der Waals surface area contributed by atoms with Crippen molar-refractivity contribution in [3.8, 4) is 0 Å². The summed E-state index contributed by atoms with van der Waals surface area (Å²) in [6.45, 7) is 6.05. The first-order valence-corrected chi connectivity index (χ1v) is 9.55. The lowest BCUT2D eigenvalue weighted by Gasteiger charge is -2.63. The minimum Gasteiger partial charge on any atom is -0.377 e. The van der Waals surface area contributed by atoms with E-state index in [-0.39, 0.29) is 29.8 Å². The van der Waals surface area contributed by atoms with Gasteiger partial charge in [-0.3, -0.25) is 0 Å². The maximum Gasteiger partial charge on any atom is 0.191 e. The zero-order valence-corrected chi connectivity index (χ0v) is 17.9. The SMILES string of the molecule is CCNC(=NCc1ccc(C)c(F)c1)NC1C2CCOC2C12CCC2.I. The minimum atomic E-state index is -0.163. The van der Waals surface area contributed by atoms with Crippen LogP contribution in [0.2, 0.25) is 0 Å². The number of nitrogens with zero attached hydrogens (tertiary/aromatic N) is 1. The third kappa shape index (κ3) is 3.35. The van der Waals surface area contributed by atoms with E-state index in [0.29, 0.717) is 35.6 Å². The maximum absolute atomic E-state index is 13.7. The second kappa shape index (κ2) is 8.00. The van der Waals surface area contributed by atoms with E-state index in [1.54, 1.807) is 13.0 Å². The fraction of sp³-hybridized carbons (Fsp3) is 0.650. The van der Waals surface area contributed by atoms with Gasteiger partial charge in [0.25, 0.3) is 0 Å². The zero-order chi connectivity index (χ0) is 17.4. The molecule has 1 saturated heterocycles. The van der Waals surface area contributed by atoms with Gasteiger partial charge in [0, 0.05) is 30.5 Å². The molecule has 144 valence electrons. The van der Waals surface area contributed by atoms with Gasteiger partial charge in [-0.1, -0.05) is 18.6 Å². The highest BCUT2D eigenvalue weighted by Crippen LogP contribution is 2.62. The molecule has 2 N–H and O–H groups in total. The summed E-state index contributed by atoms with van der Waals surface area (Å²) in [5.41, 5.74) is 1.90. The monoisotopic (exact) mass is 473 g/mol. The van der Waals surface area contributed by atoms with Gasteiger partial charge in [-0.15, -0.1) is 24.0 Å². The van der Waals surface area contributed by atoms with Crippen LogP contribution in [0.1, 0.15) is 43.7 Å². The highest BCUT2D eigenvalue weighted by atomic mass is 127. The Morgan fingerprint density at radius 2 is 2.19 bits per heavy atom. The van der Waals surface area contributed by atoms with Crippen LogP contribution in [0.25, 0.3) is 0 Å². The van der Waals surface area contributed by atoms with Crippen LogP contribution in [0.3, 0.4) is 0 Å². The van der Waals surface area contributed by atoms with E-state index >= 15 is 0 Å². The Morgan fingerprint density at radius 1 is 1.38 bits per heavy atom. The highest BCUT2D eigenvalue weighted by molar-refractivity contribution is 14.0. The smallest absolute Gasteiger partial charge is 0.191 e. The van der Waals surface area contributed by atoms with Crippen LogP contribution >= 0.6 is 24.0 Å². The fourth-order valence-corrected chi connectivity index (χ4v) is 4.83. The number of ether oxygens (including phenoxy) is 1. The predicted molar refractivity (Wildman–Crippen MR) is 112 cm³/mol. The number of hydrogen-bond acceptors (Lipinski definition) is 2. The first kappa shape index (κ1) is 19.9. The molecule has 2 aliphatic carbocycles. The minimum absolute atomic E-state index is 0. The molecule has 1 aromatic carbocycles. The van der Waals surface area contributed by atoms with Crippen molar-refractivity contribution in [1.82, 2.24) is 10.6 Å². The average molecular weight is 473 g/mol. The van der Waals surface area contributed by atoms with Crippen LogP contribution in [0.5, 0.6) is 0 Å². The van der Waals surface area contributed by atoms with Crippen LogP contribution in [0.15, 0.2) is 23.2 Å². The largest absolute Gasteiger partial charge is 0.377 e. The summed E-state index contributed by atoms with van der Waals surface area (Å²) < 4.78 is 19.7. The summed E-state index contributed by atoms with van der Waals surface area (Å²) in [6, 6.07) is 5.81. The van der Waals surface area contributed by atoms with Gasteiger partial charge in [0.1, 0.15) is 5.82 Å². The van der Waals surface area contributed by atoms with E-state index in [9.17, 15) is 4.39 Å². The molecule has 0 amide bonds. The highest BCUT2D eigenvalue weighted by Gasteiger charge is 2.66. The van der Waals surface area contributed by atoms with Crippen molar-refractivity contribution in [3.05, 3.63) is 35.1 Å². The summed E-state index contributed by atoms with van der Waals surface area (Å²) in [4.78, 5) is 4.70. The summed E-state index contributed by atoms with van der Waals surface area (Å²) >= 11 is 0. The maximum atomic E-state index is 13.7. The molecular formula is C20H29FIN3O. The second-order valence-corrected chi connectivity index (χ2v) is 7.73. The normalized spacial score (nSPS) is 28.6. The van der Waals surface area contributed by atoms with E-state index in [1.807, 2.05) is 12.1 Å². The molecule has 1 spiro atoms. The third-order valence-electron chi connectivity index (χ3n) is 6.33. The number of fused-ring (bicyclic) bond motifs is 2. The number of guanidine groups is 1. The Morgan fingerprint density at radius 3 is 2.85 bits per heavy atom. The van der Waals surface area contributed by atoms with Crippen molar-refractivity contribution in [2.45, 2.75) is 58.2 Å². The molecule has 3 unspecified atom stereocenters. The van der Waals surface area contributed by atoms with Crippen molar-refractivity contribution in [1.29, 1.82) is 0 Å². The molecule has 0 bridgehead atoms. The van der Waals surface area contributed by atoms with E-state index in [4.69, 9.17) is 9.73 Å². The van der Waals surface area contributed by atoms with E-state index in [2.05, 4.69) is 17.6 Å². The summed E-state index contributed by atoms with van der Waals surface area (Å²) in [7, 11) is 0. The lowest BCUT2D eigenvalue weighted by molar-refractivity contribution is -0.171. The van der Waals surface area contributed by atoms with Crippen LogP contribution < -0.4 is 10.6 Å². The molecule has 2 saturated carbocycles. The molecular weight excluding hydrogens is 444 g/mol. The summed E-state index contributed by atoms with van der Waals surface area (Å²) in [5.74, 6) is 1.29. The molecule has 3 aliphatic rings. The molecule has 1 heterocycles. The van der Waals surface area contributed by atoms with E-state index in [1.165, 1.54) is 19.3 Å². The van der Waals surface area contributed by atoms with Crippen molar-refractivity contribution >= 4 is 29.9 Å². The van der Waals surface area contributed by atoms with Gasteiger partial charge < -0.3 is 15.4 Å². The van der Waals surface area contributed by atoms with Crippen molar-refractivity contribution < 1.29 is 9.13 Å². The lowest BCUT2D eigenvalue weighted by Crippen LogP contribution is -2.72. The predicted octanol–water partition coefficient (Wildman–Crippen LogP) is 3.76. The van der Waals surface area contributed by atoms with E-state index < -0.39 is 0 Å². The fourth-order valence-electron chi connectivity index (χ4n) is 4.83. The van der Waals surface area contributed by atoms with Crippen LogP contribution in [-0.4, -0.2) is 31.3 Å². The van der Waals surface area contributed by atoms with Gasteiger partial charge in [0.15, 0.2) is 5.96 Å². The Bertz CT molecular complexity index is 677. The molecule has 26 heavy (non-hydrogen) atoms. The molecule has 3 atom stereocenters. The van der Waals surface area contributed by atoms with Crippen molar-refractivity contribution in [3.63, 3.8) is 0 Å². The van der Waals surface area contributed by atoms with Gasteiger partial charge in [0.2, 0.25) is 0 Å². The molecule has 4 rings (SSSR count). The summed E-state index contributed by atoms with van der Waals surface area (Å²) in [6.07, 6.45) is 5.42. The van der Waals surface area contributed by atoms with Gasteiger partial charge in [0.05, 0.1) is 12.6 Å². The van der Waals surface area contributed by atoms with Gasteiger partial charge in [-0.05, 0) is 50.3 Å². The Labute approximate surface area is 172 Å². The number of halogens is 2. The topological polar surface area (TPSA) is 45.7 Å². The number of aryl methyl sites for hydroxylation is 1.